The smallest absolute Gasteiger partial charge is 0.216 e. The Hall–Kier alpha value is -1.69. The molecule has 6 heteroatoms. The van der Waals surface area contributed by atoms with Gasteiger partial charge in [0.2, 0.25) is 5.88 Å². The number of methoxy groups -OCH3 is 2. The Kier molecular flexibility index (Phi) is 4.89. The molecule has 20 heavy (non-hydrogen) atoms. The summed E-state index contributed by atoms with van der Waals surface area (Å²) in [4.78, 5) is 8.07. The van der Waals surface area contributed by atoms with E-state index < -0.39 is 0 Å². The summed E-state index contributed by atoms with van der Waals surface area (Å²) in [6.07, 6.45) is 2.05. The minimum absolute atomic E-state index is 0.0532. The number of rotatable bonds is 5. The zero-order valence-electron chi connectivity index (χ0n) is 11.1. The van der Waals surface area contributed by atoms with Gasteiger partial charge in [0.25, 0.3) is 0 Å². The number of nitrogens with zero attached hydrogens (tertiary/aromatic N) is 2. The van der Waals surface area contributed by atoms with Gasteiger partial charge in [-0.25, -0.2) is 14.4 Å². The summed E-state index contributed by atoms with van der Waals surface area (Å²) in [5, 5.41) is 0. The van der Waals surface area contributed by atoms with E-state index in [2.05, 4.69) is 25.9 Å². The predicted molar refractivity (Wildman–Crippen MR) is 76.9 cm³/mol. The van der Waals surface area contributed by atoms with Gasteiger partial charge in [-0.3, -0.25) is 0 Å². The highest BCUT2D eigenvalue weighted by molar-refractivity contribution is 9.09. The molecule has 0 saturated carbocycles. The molecule has 1 atom stereocenters. The maximum absolute atomic E-state index is 13.7. The number of alkyl halides is 1. The summed E-state index contributed by atoms with van der Waals surface area (Å²) < 4.78 is 23.6. The van der Waals surface area contributed by atoms with Crippen LogP contribution in [0.25, 0.3) is 0 Å². The Labute approximate surface area is 125 Å². The molecule has 0 radical (unpaired) electrons. The van der Waals surface area contributed by atoms with E-state index in [1.807, 2.05) is 6.07 Å². The van der Waals surface area contributed by atoms with E-state index in [9.17, 15) is 4.39 Å². The molecular weight excluding hydrogens is 327 g/mol. The Morgan fingerprint density at radius 3 is 2.65 bits per heavy atom. The minimum atomic E-state index is -0.380. The topological polar surface area (TPSA) is 44.2 Å². The lowest BCUT2D eigenvalue weighted by Gasteiger charge is -2.11. The quantitative estimate of drug-likeness (QED) is 0.783. The zero-order valence-corrected chi connectivity index (χ0v) is 12.7. The van der Waals surface area contributed by atoms with Crippen molar-refractivity contribution in [2.24, 2.45) is 0 Å². The first-order chi connectivity index (χ1) is 9.63. The number of benzene rings is 1. The number of ether oxygens (including phenoxy) is 2. The molecule has 1 unspecified atom stereocenters. The SMILES string of the molecule is COc1cc(CC(Br)c2ccc(OC)c(F)c2)ncn1. The molecule has 0 fully saturated rings. The molecular formula is C14H14BrFN2O2. The van der Waals surface area contributed by atoms with E-state index in [0.717, 1.165) is 11.3 Å². The van der Waals surface area contributed by atoms with Gasteiger partial charge in [0, 0.05) is 23.0 Å². The van der Waals surface area contributed by atoms with Gasteiger partial charge < -0.3 is 9.47 Å². The summed E-state index contributed by atoms with van der Waals surface area (Å²) >= 11 is 3.54. The van der Waals surface area contributed by atoms with E-state index in [4.69, 9.17) is 9.47 Å². The van der Waals surface area contributed by atoms with Crippen LogP contribution in [-0.2, 0) is 6.42 Å². The lowest BCUT2D eigenvalue weighted by atomic mass is 10.1. The molecule has 0 bridgehead atoms. The second-order valence-corrected chi connectivity index (χ2v) is 5.22. The van der Waals surface area contributed by atoms with Crippen LogP contribution in [0.1, 0.15) is 16.1 Å². The van der Waals surface area contributed by atoms with Crippen molar-refractivity contribution in [2.45, 2.75) is 11.2 Å². The zero-order chi connectivity index (χ0) is 14.5. The fourth-order valence-corrected chi connectivity index (χ4v) is 2.40. The summed E-state index contributed by atoms with van der Waals surface area (Å²) in [5.74, 6) is 0.363. The Bertz CT molecular complexity index is 595. The fraction of sp³-hybridized carbons (Fsp3) is 0.286. The van der Waals surface area contributed by atoms with Gasteiger partial charge in [-0.2, -0.15) is 0 Å². The standard InChI is InChI=1S/C14H14BrFN2O2/c1-19-13-4-3-9(5-12(13)16)11(15)6-10-7-14(20-2)18-8-17-10/h3-5,7-8,11H,6H2,1-2H3. The normalized spacial score (nSPS) is 12.0. The summed E-state index contributed by atoms with van der Waals surface area (Å²) in [5.41, 5.74) is 1.64. The molecule has 0 amide bonds. The number of hydrogen-bond acceptors (Lipinski definition) is 4. The number of halogens is 2. The van der Waals surface area contributed by atoms with Crippen molar-refractivity contribution in [3.05, 3.63) is 47.7 Å². The van der Waals surface area contributed by atoms with Crippen molar-refractivity contribution in [2.75, 3.05) is 14.2 Å². The van der Waals surface area contributed by atoms with Crippen LogP contribution >= 0.6 is 15.9 Å². The first kappa shape index (κ1) is 14.7. The third-order valence-corrected chi connectivity index (χ3v) is 3.69. The lowest BCUT2D eigenvalue weighted by molar-refractivity contribution is 0.386. The number of hydrogen-bond donors (Lipinski definition) is 0. The van der Waals surface area contributed by atoms with Gasteiger partial charge in [-0.05, 0) is 17.7 Å². The van der Waals surface area contributed by atoms with Crippen molar-refractivity contribution in [3.63, 3.8) is 0 Å². The van der Waals surface area contributed by atoms with Crippen LogP contribution in [0.2, 0.25) is 0 Å². The Balaban J connectivity index is 2.14. The van der Waals surface area contributed by atoms with Crippen LogP contribution in [0.4, 0.5) is 4.39 Å². The summed E-state index contributed by atoms with van der Waals surface area (Å²) in [6.45, 7) is 0. The average molecular weight is 341 g/mol. The van der Waals surface area contributed by atoms with Gasteiger partial charge in [-0.15, -0.1) is 0 Å². The van der Waals surface area contributed by atoms with Gasteiger partial charge in [0.05, 0.1) is 14.2 Å². The maximum Gasteiger partial charge on any atom is 0.216 e. The van der Waals surface area contributed by atoms with E-state index >= 15 is 0 Å². The van der Waals surface area contributed by atoms with Gasteiger partial charge in [0.1, 0.15) is 6.33 Å². The first-order valence-corrected chi connectivity index (χ1v) is 6.88. The second kappa shape index (κ2) is 6.65. The van der Waals surface area contributed by atoms with Crippen molar-refractivity contribution < 1.29 is 13.9 Å². The van der Waals surface area contributed by atoms with Crippen molar-refractivity contribution in [1.29, 1.82) is 0 Å². The molecule has 106 valence electrons. The molecule has 1 aromatic heterocycles. The fourth-order valence-electron chi connectivity index (χ4n) is 1.78. The van der Waals surface area contributed by atoms with Gasteiger partial charge in [-0.1, -0.05) is 22.0 Å². The van der Waals surface area contributed by atoms with Crippen LogP contribution in [0.3, 0.4) is 0 Å². The highest BCUT2D eigenvalue weighted by Gasteiger charge is 2.13. The Morgan fingerprint density at radius 1 is 1.20 bits per heavy atom. The molecule has 0 N–H and O–H groups in total. The second-order valence-electron chi connectivity index (χ2n) is 4.12. The average Bonchev–Trinajstić information content (AvgIpc) is 2.47. The van der Waals surface area contributed by atoms with E-state index in [1.165, 1.54) is 19.5 Å². The molecule has 2 aromatic rings. The van der Waals surface area contributed by atoms with Crippen LogP contribution in [0.15, 0.2) is 30.6 Å². The lowest BCUT2D eigenvalue weighted by Crippen LogP contribution is -2.00. The molecule has 0 spiro atoms. The van der Waals surface area contributed by atoms with Crippen LogP contribution in [0.5, 0.6) is 11.6 Å². The van der Waals surface area contributed by atoms with Crippen molar-refractivity contribution >= 4 is 15.9 Å². The van der Waals surface area contributed by atoms with Crippen molar-refractivity contribution in [3.8, 4) is 11.6 Å². The summed E-state index contributed by atoms with van der Waals surface area (Å²) in [6, 6.07) is 6.64. The van der Waals surface area contributed by atoms with Crippen molar-refractivity contribution in [1.82, 2.24) is 9.97 Å². The highest BCUT2D eigenvalue weighted by Crippen LogP contribution is 2.30. The van der Waals surface area contributed by atoms with E-state index in [-0.39, 0.29) is 16.4 Å². The predicted octanol–water partition coefficient (Wildman–Crippen LogP) is 3.31. The molecule has 0 aliphatic heterocycles. The highest BCUT2D eigenvalue weighted by atomic mass is 79.9. The van der Waals surface area contributed by atoms with E-state index in [1.54, 1.807) is 19.2 Å². The van der Waals surface area contributed by atoms with Gasteiger partial charge >= 0.3 is 0 Å². The van der Waals surface area contributed by atoms with Crippen LogP contribution in [0, 0.1) is 5.82 Å². The van der Waals surface area contributed by atoms with Gasteiger partial charge in [0.15, 0.2) is 11.6 Å². The monoisotopic (exact) mass is 340 g/mol. The third-order valence-electron chi connectivity index (χ3n) is 2.83. The molecule has 4 nitrogen and oxygen atoms in total. The number of aromatic nitrogens is 2. The Morgan fingerprint density at radius 2 is 2.00 bits per heavy atom. The molecule has 0 aliphatic rings. The minimum Gasteiger partial charge on any atom is -0.494 e. The largest absolute Gasteiger partial charge is 0.494 e. The molecule has 0 saturated heterocycles. The van der Waals surface area contributed by atoms with E-state index in [0.29, 0.717) is 12.3 Å². The first-order valence-electron chi connectivity index (χ1n) is 5.96. The molecule has 1 heterocycles. The summed E-state index contributed by atoms with van der Waals surface area (Å²) in [7, 11) is 2.99. The maximum atomic E-state index is 13.7. The third kappa shape index (κ3) is 3.45. The van der Waals surface area contributed by atoms with Crippen LogP contribution < -0.4 is 9.47 Å². The molecule has 1 aromatic carbocycles. The van der Waals surface area contributed by atoms with Crippen LogP contribution in [-0.4, -0.2) is 24.2 Å². The molecule has 2 rings (SSSR count). The molecule has 0 aliphatic carbocycles.